The van der Waals surface area contributed by atoms with Gasteiger partial charge in [-0.25, -0.2) is 4.39 Å². The third-order valence-electron chi connectivity index (χ3n) is 3.93. The zero-order valence-corrected chi connectivity index (χ0v) is 12.4. The van der Waals surface area contributed by atoms with E-state index in [0.29, 0.717) is 12.1 Å². The summed E-state index contributed by atoms with van der Waals surface area (Å²) in [5.41, 5.74) is 0.323. The van der Waals surface area contributed by atoms with Crippen LogP contribution in [0.5, 0.6) is 0 Å². The number of hydrogen-bond acceptors (Lipinski definition) is 2. The maximum atomic E-state index is 13.7. The molecule has 0 spiro atoms. The Bertz CT molecular complexity index is 464. The van der Waals surface area contributed by atoms with Gasteiger partial charge in [0, 0.05) is 6.54 Å². The molecule has 0 saturated carbocycles. The van der Waals surface area contributed by atoms with Gasteiger partial charge in [-0.05, 0) is 51.4 Å². The molecule has 1 heterocycles. The summed E-state index contributed by atoms with van der Waals surface area (Å²) < 4.78 is 13.7. The lowest BCUT2D eigenvalue weighted by Gasteiger charge is -2.19. The van der Waals surface area contributed by atoms with Gasteiger partial charge in [0.05, 0.1) is 6.04 Å². The number of likely N-dealkylation sites (tertiary alicyclic amines) is 1. The molecule has 0 radical (unpaired) electrons. The Hall–Kier alpha value is -1.42. The van der Waals surface area contributed by atoms with Crippen molar-refractivity contribution < 1.29 is 9.18 Å². The molecule has 1 amide bonds. The fourth-order valence-corrected chi connectivity index (χ4v) is 2.57. The highest BCUT2D eigenvalue weighted by Gasteiger charge is 2.27. The third kappa shape index (κ3) is 3.57. The van der Waals surface area contributed by atoms with Crippen LogP contribution in [0.1, 0.15) is 37.8 Å². The van der Waals surface area contributed by atoms with Crippen molar-refractivity contribution in [3.63, 3.8) is 0 Å². The quantitative estimate of drug-likeness (QED) is 0.918. The molecular formula is C16H23FN2O. The first-order valence-electron chi connectivity index (χ1n) is 7.14. The summed E-state index contributed by atoms with van der Waals surface area (Å²) in [7, 11) is 1.98. The highest BCUT2D eigenvalue weighted by atomic mass is 19.1. The van der Waals surface area contributed by atoms with Crippen LogP contribution in [-0.2, 0) is 17.0 Å². The second kappa shape index (κ2) is 5.92. The molecule has 20 heavy (non-hydrogen) atoms. The molecule has 2 rings (SSSR count). The van der Waals surface area contributed by atoms with Crippen molar-refractivity contribution in [3.8, 4) is 0 Å². The van der Waals surface area contributed by atoms with Crippen molar-refractivity contribution in [1.29, 1.82) is 0 Å². The number of halogens is 1. The molecule has 1 aliphatic heterocycles. The van der Waals surface area contributed by atoms with Gasteiger partial charge in [-0.2, -0.15) is 0 Å². The molecule has 1 fully saturated rings. The number of alkyl halides is 1. The largest absolute Gasteiger partial charge is 0.351 e. The molecule has 0 aromatic heterocycles. The first-order valence-corrected chi connectivity index (χ1v) is 7.14. The minimum atomic E-state index is -1.33. The number of nitrogens with zero attached hydrogens (tertiary/aromatic N) is 1. The Balaban J connectivity index is 1.89. The summed E-state index contributed by atoms with van der Waals surface area (Å²) in [6.45, 7) is 4.56. The Morgan fingerprint density at radius 3 is 2.55 bits per heavy atom. The summed E-state index contributed by atoms with van der Waals surface area (Å²) in [6.07, 6.45) is 2.01. The van der Waals surface area contributed by atoms with Crippen LogP contribution in [0, 0.1) is 0 Å². The van der Waals surface area contributed by atoms with E-state index in [0.717, 1.165) is 24.9 Å². The molecule has 4 heteroatoms. The van der Waals surface area contributed by atoms with E-state index in [1.54, 1.807) is 26.0 Å². The van der Waals surface area contributed by atoms with Crippen LogP contribution >= 0.6 is 0 Å². The SMILES string of the molecule is CN1CCC[C@@H]1C(=O)NCc1ccc(C(C)(C)F)cc1. The molecule has 1 atom stereocenters. The van der Waals surface area contributed by atoms with Gasteiger partial charge in [0.2, 0.25) is 5.91 Å². The molecule has 3 nitrogen and oxygen atoms in total. The van der Waals surface area contributed by atoms with Gasteiger partial charge in [0.1, 0.15) is 5.67 Å². The zero-order valence-electron chi connectivity index (χ0n) is 12.4. The summed E-state index contributed by atoms with van der Waals surface area (Å²) in [5.74, 6) is 0.0832. The van der Waals surface area contributed by atoms with E-state index in [4.69, 9.17) is 0 Å². The van der Waals surface area contributed by atoms with E-state index in [1.807, 2.05) is 19.2 Å². The van der Waals surface area contributed by atoms with Gasteiger partial charge in [-0.1, -0.05) is 24.3 Å². The number of hydrogen-bond donors (Lipinski definition) is 1. The normalized spacial score (nSPS) is 20.1. The highest BCUT2D eigenvalue weighted by Crippen LogP contribution is 2.24. The minimum absolute atomic E-state index is 0.000881. The minimum Gasteiger partial charge on any atom is -0.351 e. The van der Waals surface area contributed by atoms with Gasteiger partial charge >= 0.3 is 0 Å². The lowest BCUT2D eigenvalue weighted by molar-refractivity contribution is -0.125. The number of nitrogens with one attached hydrogen (secondary N) is 1. The average Bonchev–Trinajstić information content (AvgIpc) is 2.82. The van der Waals surface area contributed by atoms with E-state index in [2.05, 4.69) is 10.2 Å². The fourth-order valence-electron chi connectivity index (χ4n) is 2.57. The second-order valence-corrected chi connectivity index (χ2v) is 6.03. The topological polar surface area (TPSA) is 32.3 Å². The highest BCUT2D eigenvalue weighted by molar-refractivity contribution is 5.81. The standard InChI is InChI=1S/C16H23FN2O/c1-16(2,17)13-8-6-12(7-9-13)11-18-15(20)14-5-4-10-19(14)3/h6-9,14H,4-5,10-11H2,1-3H3,(H,18,20)/t14-/m1/s1. The molecule has 0 bridgehead atoms. The molecule has 1 aromatic rings. The van der Waals surface area contributed by atoms with Crippen molar-refractivity contribution in [1.82, 2.24) is 10.2 Å². The van der Waals surface area contributed by atoms with E-state index < -0.39 is 5.67 Å². The molecule has 1 N–H and O–H groups in total. The zero-order chi connectivity index (χ0) is 14.8. The number of carbonyl (C=O) groups excluding carboxylic acids is 1. The van der Waals surface area contributed by atoms with Gasteiger partial charge in [-0.15, -0.1) is 0 Å². The predicted octanol–water partition coefficient (Wildman–Crippen LogP) is 2.60. The van der Waals surface area contributed by atoms with Crippen LogP contribution in [0.2, 0.25) is 0 Å². The number of likely N-dealkylation sites (N-methyl/N-ethyl adjacent to an activating group) is 1. The lowest BCUT2D eigenvalue weighted by Crippen LogP contribution is -2.41. The van der Waals surface area contributed by atoms with Crippen LogP contribution in [0.3, 0.4) is 0 Å². The first-order chi connectivity index (χ1) is 9.38. The Kier molecular flexibility index (Phi) is 4.43. The Morgan fingerprint density at radius 1 is 1.40 bits per heavy atom. The van der Waals surface area contributed by atoms with Crippen molar-refractivity contribution in [3.05, 3.63) is 35.4 Å². The summed E-state index contributed by atoms with van der Waals surface area (Å²) in [5, 5.41) is 2.96. The molecule has 1 aliphatic rings. The summed E-state index contributed by atoms with van der Waals surface area (Å²) >= 11 is 0. The van der Waals surface area contributed by atoms with E-state index >= 15 is 0 Å². The van der Waals surface area contributed by atoms with Crippen LogP contribution in [0.25, 0.3) is 0 Å². The average molecular weight is 278 g/mol. The summed E-state index contributed by atoms with van der Waals surface area (Å²) in [6, 6.07) is 7.30. The first kappa shape index (κ1) is 15.0. The monoisotopic (exact) mass is 278 g/mol. The molecular weight excluding hydrogens is 255 g/mol. The van der Waals surface area contributed by atoms with Crippen molar-refractivity contribution in [2.75, 3.05) is 13.6 Å². The van der Waals surface area contributed by atoms with Crippen LogP contribution in [0.15, 0.2) is 24.3 Å². The van der Waals surface area contributed by atoms with Crippen LogP contribution in [0.4, 0.5) is 4.39 Å². The van der Waals surface area contributed by atoms with Crippen LogP contribution in [-0.4, -0.2) is 30.4 Å². The number of benzene rings is 1. The Labute approximate surface area is 120 Å². The molecule has 0 unspecified atom stereocenters. The van der Waals surface area contributed by atoms with Gasteiger partial charge in [-0.3, -0.25) is 9.69 Å². The lowest BCUT2D eigenvalue weighted by atomic mass is 9.99. The molecule has 110 valence electrons. The maximum absolute atomic E-state index is 13.7. The van der Waals surface area contributed by atoms with E-state index in [9.17, 15) is 9.18 Å². The number of amides is 1. The van der Waals surface area contributed by atoms with Crippen molar-refractivity contribution in [2.45, 2.75) is 44.9 Å². The van der Waals surface area contributed by atoms with Crippen LogP contribution < -0.4 is 5.32 Å². The van der Waals surface area contributed by atoms with Gasteiger partial charge in [0.15, 0.2) is 0 Å². The predicted molar refractivity (Wildman–Crippen MR) is 78.1 cm³/mol. The Morgan fingerprint density at radius 2 is 2.05 bits per heavy atom. The molecule has 0 aliphatic carbocycles. The fraction of sp³-hybridized carbons (Fsp3) is 0.562. The second-order valence-electron chi connectivity index (χ2n) is 6.03. The van der Waals surface area contributed by atoms with E-state index in [1.165, 1.54) is 0 Å². The number of carbonyl (C=O) groups is 1. The van der Waals surface area contributed by atoms with Crippen molar-refractivity contribution >= 4 is 5.91 Å². The molecule has 1 saturated heterocycles. The van der Waals surface area contributed by atoms with Gasteiger partial charge < -0.3 is 5.32 Å². The van der Waals surface area contributed by atoms with E-state index in [-0.39, 0.29) is 11.9 Å². The molecule has 1 aromatic carbocycles. The maximum Gasteiger partial charge on any atom is 0.237 e. The van der Waals surface area contributed by atoms with Crippen molar-refractivity contribution in [2.24, 2.45) is 0 Å². The summed E-state index contributed by atoms with van der Waals surface area (Å²) in [4.78, 5) is 14.1. The smallest absolute Gasteiger partial charge is 0.237 e. The number of rotatable bonds is 4. The van der Waals surface area contributed by atoms with Gasteiger partial charge in [0.25, 0.3) is 0 Å². The third-order valence-corrected chi connectivity index (χ3v) is 3.93.